The van der Waals surface area contributed by atoms with Gasteiger partial charge in [0.25, 0.3) is 11.7 Å². The molecule has 1 heterocycles. The van der Waals surface area contributed by atoms with E-state index in [2.05, 4.69) is 10.0 Å². The topological polar surface area (TPSA) is 92.3 Å². The van der Waals surface area contributed by atoms with Crippen LogP contribution in [-0.4, -0.2) is 26.7 Å². The highest BCUT2D eigenvalue weighted by Gasteiger charge is 2.34. The van der Waals surface area contributed by atoms with E-state index in [9.17, 15) is 18.0 Å². The van der Waals surface area contributed by atoms with E-state index in [1.165, 1.54) is 18.2 Å². The Labute approximate surface area is 98.1 Å². The highest BCUT2D eigenvalue weighted by atomic mass is 32.2. The van der Waals surface area contributed by atoms with Crippen LogP contribution in [0.15, 0.2) is 23.1 Å². The van der Waals surface area contributed by atoms with Gasteiger partial charge in [-0.1, -0.05) is 13.0 Å². The number of hydrogen-bond acceptors (Lipinski definition) is 4. The molecule has 1 aliphatic rings. The van der Waals surface area contributed by atoms with Gasteiger partial charge in [-0.3, -0.25) is 9.59 Å². The molecule has 7 heteroatoms. The molecule has 2 N–H and O–H groups in total. The first-order valence-corrected chi connectivity index (χ1v) is 6.44. The fourth-order valence-corrected chi connectivity index (χ4v) is 2.92. The number of anilines is 1. The third-order valence-electron chi connectivity index (χ3n) is 2.33. The van der Waals surface area contributed by atoms with Gasteiger partial charge < -0.3 is 5.32 Å². The summed E-state index contributed by atoms with van der Waals surface area (Å²) in [4.78, 5) is 22.6. The normalized spacial score (nSPS) is 14.6. The number of Topliss-reactive ketones (excluding diaryl/α,β-unsaturated/α-hetero) is 1. The molecule has 0 fully saturated rings. The standard InChI is InChI=1S/C10H10N2O4S/c1-2-11-17(15,16)7-5-3-4-6-8(7)9(13)10(14)12-6/h3-5,11H,2H2,1H3,(H,12,13,14). The van der Waals surface area contributed by atoms with E-state index in [-0.39, 0.29) is 22.7 Å². The molecule has 2 rings (SSSR count). The highest BCUT2D eigenvalue weighted by molar-refractivity contribution is 7.89. The Morgan fingerprint density at radius 2 is 2.00 bits per heavy atom. The molecule has 0 radical (unpaired) electrons. The molecule has 0 spiro atoms. The number of ketones is 1. The van der Waals surface area contributed by atoms with Crippen molar-refractivity contribution in [1.82, 2.24) is 4.72 Å². The van der Waals surface area contributed by atoms with Crippen LogP contribution in [0.4, 0.5) is 5.69 Å². The Kier molecular flexibility index (Phi) is 2.72. The summed E-state index contributed by atoms with van der Waals surface area (Å²) in [6.45, 7) is 1.84. The maximum absolute atomic E-state index is 11.8. The first-order valence-electron chi connectivity index (χ1n) is 4.95. The number of fused-ring (bicyclic) bond motifs is 1. The fraction of sp³-hybridized carbons (Fsp3) is 0.200. The van der Waals surface area contributed by atoms with Crippen molar-refractivity contribution in [2.75, 3.05) is 11.9 Å². The number of hydrogen-bond donors (Lipinski definition) is 2. The van der Waals surface area contributed by atoms with Crippen molar-refractivity contribution in [3.05, 3.63) is 23.8 Å². The summed E-state index contributed by atoms with van der Waals surface area (Å²) >= 11 is 0. The maximum atomic E-state index is 11.8. The van der Waals surface area contributed by atoms with Crippen LogP contribution in [0.1, 0.15) is 17.3 Å². The Balaban J connectivity index is 2.64. The second-order valence-corrected chi connectivity index (χ2v) is 5.20. The minimum Gasteiger partial charge on any atom is -0.318 e. The second kappa shape index (κ2) is 3.94. The van der Waals surface area contributed by atoms with Crippen LogP contribution in [0.5, 0.6) is 0 Å². The minimum atomic E-state index is -3.76. The van der Waals surface area contributed by atoms with Crippen LogP contribution in [0.2, 0.25) is 0 Å². The van der Waals surface area contributed by atoms with Gasteiger partial charge in [-0.15, -0.1) is 0 Å². The molecule has 1 aliphatic heterocycles. The predicted molar refractivity (Wildman–Crippen MR) is 60.3 cm³/mol. The van der Waals surface area contributed by atoms with Gasteiger partial charge >= 0.3 is 0 Å². The van der Waals surface area contributed by atoms with Crippen LogP contribution in [0, 0.1) is 0 Å². The van der Waals surface area contributed by atoms with Crippen LogP contribution < -0.4 is 10.0 Å². The summed E-state index contributed by atoms with van der Waals surface area (Å²) in [5.41, 5.74) is 0.150. The summed E-state index contributed by atoms with van der Waals surface area (Å²) < 4.78 is 26.0. The van der Waals surface area contributed by atoms with E-state index >= 15 is 0 Å². The molecule has 6 nitrogen and oxygen atoms in total. The molecule has 17 heavy (non-hydrogen) atoms. The number of carbonyl (C=O) groups is 2. The van der Waals surface area contributed by atoms with Crippen molar-refractivity contribution < 1.29 is 18.0 Å². The van der Waals surface area contributed by atoms with Crippen molar-refractivity contribution in [3.8, 4) is 0 Å². The molecular formula is C10H10N2O4S. The monoisotopic (exact) mass is 254 g/mol. The molecule has 0 bridgehead atoms. The van der Waals surface area contributed by atoms with E-state index in [1.807, 2.05) is 0 Å². The summed E-state index contributed by atoms with van der Waals surface area (Å²) in [7, 11) is -3.76. The number of rotatable bonds is 3. The van der Waals surface area contributed by atoms with Crippen molar-refractivity contribution in [1.29, 1.82) is 0 Å². The molecule has 0 aliphatic carbocycles. The van der Waals surface area contributed by atoms with Gasteiger partial charge in [-0.05, 0) is 12.1 Å². The van der Waals surface area contributed by atoms with Crippen molar-refractivity contribution >= 4 is 27.4 Å². The van der Waals surface area contributed by atoms with Crippen molar-refractivity contribution in [3.63, 3.8) is 0 Å². The minimum absolute atomic E-state index is 0.0848. The third-order valence-corrected chi connectivity index (χ3v) is 3.92. The van der Waals surface area contributed by atoms with Gasteiger partial charge in [0, 0.05) is 6.54 Å². The molecule has 0 unspecified atom stereocenters. The predicted octanol–water partition coefficient (Wildman–Crippen LogP) is 0.120. The third kappa shape index (κ3) is 1.83. The lowest BCUT2D eigenvalue weighted by atomic mass is 10.1. The zero-order valence-electron chi connectivity index (χ0n) is 8.98. The van der Waals surface area contributed by atoms with Crippen LogP contribution in [0.25, 0.3) is 0 Å². The molecule has 0 saturated carbocycles. The maximum Gasteiger partial charge on any atom is 0.296 e. The first kappa shape index (κ1) is 11.7. The van der Waals surface area contributed by atoms with Crippen LogP contribution >= 0.6 is 0 Å². The van der Waals surface area contributed by atoms with E-state index in [1.54, 1.807) is 6.92 Å². The molecule has 0 saturated heterocycles. The van der Waals surface area contributed by atoms with Gasteiger partial charge in [-0.25, -0.2) is 13.1 Å². The van der Waals surface area contributed by atoms with Gasteiger partial charge in [0.05, 0.1) is 16.1 Å². The largest absolute Gasteiger partial charge is 0.318 e. The molecule has 0 aromatic heterocycles. The van der Waals surface area contributed by atoms with Gasteiger partial charge in [-0.2, -0.15) is 0 Å². The molecule has 0 atom stereocenters. The molecule has 1 aromatic carbocycles. The summed E-state index contributed by atoms with van der Waals surface area (Å²) in [5, 5.41) is 2.32. The van der Waals surface area contributed by atoms with E-state index in [0.29, 0.717) is 0 Å². The van der Waals surface area contributed by atoms with E-state index in [0.717, 1.165) is 0 Å². The van der Waals surface area contributed by atoms with Gasteiger partial charge in [0.15, 0.2) is 0 Å². The van der Waals surface area contributed by atoms with Crippen molar-refractivity contribution in [2.24, 2.45) is 0 Å². The van der Waals surface area contributed by atoms with E-state index in [4.69, 9.17) is 0 Å². The number of amides is 1. The smallest absolute Gasteiger partial charge is 0.296 e. The molecule has 1 aromatic rings. The number of benzene rings is 1. The summed E-state index contributed by atoms with van der Waals surface area (Å²) in [6, 6.07) is 4.26. The van der Waals surface area contributed by atoms with Crippen molar-refractivity contribution in [2.45, 2.75) is 11.8 Å². The highest BCUT2D eigenvalue weighted by Crippen LogP contribution is 2.28. The lowest BCUT2D eigenvalue weighted by molar-refractivity contribution is -0.112. The van der Waals surface area contributed by atoms with Crippen LogP contribution in [-0.2, 0) is 14.8 Å². The molecule has 90 valence electrons. The number of carbonyl (C=O) groups excluding carboxylic acids is 2. The zero-order chi connectivity index (χ0) is 12.6. The lowest BCUT2D eigenvalue weighted by Gasteiger charge is -2.07. The molecular weight excluding hydrogens is 244 g/mol. The zero-order valence-corrected chi connectivity index (χ0v) is 9.80. The second-order valence-electron chi connectivity index (χ2n) is 3.46. The lowest BCUT2D eigenvalue weighted by Crippen LogP contribution is -2.25. The van der Waals surface area contributed by atoms with Gasteiger partial charge in [0.1, 0.15) is 0 Å². The fourth-order valence-electron chi connectivity index (χ4n) is 1.65. The molecule has 1 amide bonds. The Bertz CT molecular complexity index is 607. The number of nitrogens with one attached hydrogen (secondary N) is 2. The SMILES string of the molecule is CCNS(=O)(=O)c1cccc2c1C(=O)C(=O)N2. The Morgan fingerprint density at radius 1 is 1.29 bits per heavy atom. The van der Waals surface area contributed by atoms with E-state index < -0.39 is 21.7 Å². The Hall–Kier alpha value is -1.73. The average molecular weight is 254 g/mol. The van der Waals surface area contributed by atoms with Crippen LogP contribution in [0.3, 0.4) is 0 Å². The first-order chi connectivity index (χ1) is 7.97. The quantitative estimate of drug-likeness (QED) is 0.749. The number of sulfonamides is 1. The summed E-state index contributed by atoms with van der Waals surface area (Å²) in [5.74, 6) is -1.63. The van der Waals surface area contributed by atoms with Gasteiger partial charge in [0.2, 0.25) is 10.0 Å². The Morgan fingerprint density at radius 3 is 2.65 bits per heavy atom. The average Bonchev–Trinajstić information content (AvgIpc) is 2.55. The summed E-state index contributed by atoms with van der Waals surface area (Å²) in [6.07, 6.45) is 0.